The van der Waals surface area contributed by atoms with Gasteiger partial charge in [-0.05, 0) is 11.1 Å². The highest BCUT2D eigenvalue weighted by Gasteiger charge is 2.41. The molecular weight excluding hydrogens is 292 g/mol. The Morgan fingerprint density at radius 2 is 1.78 bits per heavy atom. The van der Waals surface area contributed by atoms with E-state index < -0.39 is 10.8 Å². The number of carbonyl (C=O) groups is 1. The van der Waals surface area contributed by atoms with E-state index in [0.717, 1.165) is 11.3 Å². The van der Waals surface area contributed by atoms with Crippen molar-refractivity contribution in [2.24, 2.45) is 4.99 Å². The van der Waals surface area contributed by atoms with Gasteiger partial charge in [-0.1, -0.05) is 42.5 Å². The van der Waals surface area contributed by atoms with E-state index in [1.165, 1.54) is 12.1 Å². The first-order chi connectivity index (χ1) is 11.1. The zero-order valence-electron chi connectivity index (χ0n) is 12.7. The molecule has 3 rings (SSSR count). The number of benzene rings is 2. The fourth-order valence-corrected chi connectivity index (χ4v) is 3.16. The van der Waals surface area contributed by atoms with Crippen molar-refractivity contribution in [2.75, 3.05) is 7.05 Å². The van der Waals surface area contributed by atoms with Gasteiger partial charge >= 0.3 is 0 Å². The molecule has 5 heteroatoms. The van der Waals surface area contributed by atoms with E-state index in [9.17, 15) is 14.9 Å². The lowest BCUT2D eigenvalue weighted by Gasteiger charge is -2.11. The number of carbonyl (C=O) groups excluding carboxylic acids is 1. The minimum Gasteiger partial charge on any atom is -0.298 e. The Morgan fingerprint density at radius 1 is 1.09 bits per heavy atom. The van der Waals surface area contributed by atoms with Gasteiger partial charge < -0.3 is 0 Å². The molecule has 1 aliphatic carbocycles. The molecule has 1 aliphatic rings. The van der Waals surface area contributed by atoms with Crippen LogP contribution in [0.25, 0.3) is 0 Å². The summed E-state index contributed by atoms with van der Waals surface area (Å²) >= 11 is 0. The van der Waals surface area contributed by atoms with Gasteiger partial charge in [-0.15, -0.1) is 0 Å². The first kappa shape index (κ1) is 15.1. The minimum atomic E-state index is -0.495. The molecule has 2 aromatic carbocycles. The highest BCUT2D eigenvalue weighted by Crippen LogP contribution is 2.39. The van der Waals surface area contributed by atoms with E-state index >= 15 is 0 Å². The van der Waals surface area contributed by atoms with Crippen molar-refractivity contribution < 1.29 is 9.72 Å². The molecule has 0 bridgehead atoms. The van der Waals surface area contributed by atoms with Crippen molar-refractivity contribution in [3.63, 3.8) is 0 Å². The van der Waals surface area contributed by atoms with Gasteiger partial charge in [0.25, 0.3) is 5.69 Å². The second kappa shape index (κ2) is 6.12. The van der Waals surface area contributed by atoms with Gasteiger partial charge in [-0.25, -0.2) is 0 Å². The van der Waals surface area contributed by atoms with Crippen molar-refractivity contribution in [3.05, 3.63) is 75.8 Å². The third kappa shape index (κ3) is 2.77. The second-order valence-electron chi connectivity index (χ2n) is 5.57. The third-order valence-corrected chi connectivity index (χ3v) is 4.28. The molecule has 0 saturated heterocycles. The van der Waals surface area contributed by atoms with Crippen molar-refractivity contribution in [3.8, 4) is 0 Å². The predicted molar refractivity (Wildman–Crippen MR) is 88.0 cm³/mol. The lowest BCUT2D eigenvalue weighted by molar-refractivity contribution is -0.384. The van der Waals surface area contributed by atoms with Gasteiger partial charge in [0.1, 0.15) is 0 Å². The largest absolute Gasteiger partial charge is 0.298 e. The Kier molecular flexibility index (Phi) is 4.02. The van der Waals surface area contributed by atoms with Crippen LogP contribution in [0.4, 0.5) is 5.69 Å². The van der Waals surface area contributed by atoms with Crippen molar-refractivity contribution in [2.45, 2.75) is 18.3 Å². The smallest absolute Gasteiger partial charge is 0.269 e. The highest BCUT2D eigenvalue weighted by molar-refractivity contribution is 6.18. The summed E-state index contributed by atoms with van der Waals surface area (Å²) in [6.45, 7) is 0. The molecule has 0 radical (unpaired) electrons. The Balaban J connectivity index is 2.00. The number of nitro groups is 1. The number of hydrogen-bond donors (Lipinski definition) is 0. The summed E-state index contributed by atoms with van der Waals surface area (Å²) in [5.74, 6) is -0.679. The SMILES string of the molecule is CN=C1CC(c2ccccc2)C(=O)C1c1cccc([N+](=O)[O-])c1. The molecule has 0 N–H and O–H groups in total. The highest BCUT2D eigenvalue weighted by atomic mass is 16.6. The van der Waals surface area contributed by atoms with Crippen LogP contribution in [0.2, 0.25) is 0 Å². The van der Waals surface area contributed by atoms with E-state index in [1.54, 1.807) is 19.2 Å². The summed E-state index contributed by atoms with van der Waals surface area (Å²) in [6.07, 6.45) is 0.562. The van der Waals surface area contributed by atoms with Crippen LogP contribution in [-0.4, -0.2) is 23.5 Å². The van der Waals surface area contributed by atoms with Gasteiger partial charge in [0.15, 0.2) is 5.78 Å². The molecule has 0 aromatic heterocycles. The van der Waals surface area contributed by atoms with Crippen molar-refractivity contribution in [1.29, 1.82) is 0 Å². The zero-order chi connectivity index (χ0) is 16.4. The van der Waals surface area contributed by atoms with Crippen LogP contribution in [0.15, 0.2) is 59.6 Å². The Labute approximate surface area is 133 Å². The van der Waals surface area contributed by atoms with Gasteiger partial charge in [0.2, 0.25) is 0 Å². The topological polar surface area (TPSA) is 72.6 Å². The molecular formula is C18H16N2O3. The number of rotatable bonds is 3. The summed E-state index contributed by atoms with van der Waals surface area (Å²) in [5, 5.41) is 11.0. The molecule has 0 spiro atoms. The van der Waals surface area contributed by atoms with Crippen molar-refractivity contribution >= 4 is 17.2 Å². The Bertz CT molecular complexity index is 784. The lowest BCUT2D eigenvalue weighted by atomic mass is 9.91. The minimum absolute atomic E-state index is 0.00564. The molecule has 1 saturated carbocycles. The van der Waals surface area contributed by atoms with E-state index in [-0.39, 0.29) is 17.4 Å². The summed E-state index contributed by atoms with van der Waals surface area (Å²) in [5.41, 5.74) is 2.38. The van der Waals surface area contributed by atoms with Gasteiger partial charge in [-0.2, -0.15) is 0 Å². The Morgan fingerprint density at radius 3 is 2.43 bits per heavy atom. The van der Waals surface area contributed by atoms with Crippen LogP contribution in [0, 0.1) is 10.1 Å². The van der Waals surface area contributed by atoms with Gasteiger partial charge in [0.05, 0.1) is 10.8 Å². The number of ketones is 1. The van der Waals surface area contributed by atoms with Crippen LogP contribution in [-0.2, 0) is 4.79 Å². The van der Waals surface area contributed by atoms with Crippen LogP contribution in [0.5, 0.6) is 0 Å². The lowest BCUT2D eigenvalue weighted by Crippen LogP contribution is -2.15. The molecule has 2 unspecified atom stereocenters. The fourth-order valence-electron chi connectivity index (χ4n) is 3.16. The van der Waals surface area contributed by atoms with Gasteiger partial charge in [-0.3, -0.25) is 19.9 Å². The second-order valence-corrected chi connectivity index (χ2v) is 5.57. The van der Waals surface area contributed by atoms with Crippen LogP contribution < -0.4 is 0 Å². The normalized spacial score (nSPS) is 22.5. The summed E-state index contributed by atoms with van der Waals surface area (Å²) in [6, 6.07) is 15.9. The number of non-ortho nitro benzene ring substituents is 1. The average molecular weight is 308 g/mol. The molecule has 0 heterocycles. The molecule has 2 aromatic rings. The van der Waals surface area contributed by atoms with Crippen LogP contribution >= 0.6 is 0 Å². The number of nitrogens with zero attached hydrogens (tertiary/aromatic N) is 2. The standard InChI is InChI=1S/C18H16N2O3/c1-19-16-11-15(12-6-3-2-4-7-12)18(21)17(16)13-8-5-9-14(10-13)20(22)23/h2-10,15,17H,11H2,1H3. The van der Waals surface area contributed by atoms with E-state index in [1.807, 2.05) is 30.3 Å². The maximum absolute atomic E-state index is 12.9. The predicted octanol–water partition coefficient (Wildman–Crippen LogP) is 3.51. The number of hydrogen-bond acceptors (Lipinski definition) is 4. The third-order valence-electron chi connectivity index (χ3n) is 4.28. The molecule has 0 amide bonds. The first-order valence-corrected chi connectivity index (χ1v) is 7.40. The molecule has 2 atom stereocenters. The quantitative estimate of drug-likeness (QED) is 0.643. The molecule has 5 nitrogen and oxygen atoms in total. The average Bonchev–Trinajstić information content (AvgIpc) is 2.92. The first-order valence-electron chi connectivity index (χ1n) is 7.40. The maximum Gasteiger partial charge on any atom is 0.269 e. The fraction of sp³-hybridized carbons (Fsp3) is 0.222. The molecule has 0 aliphatic heterocycles. The molecule has 1 fully saturated rings. The van der Waals surface area contributed by atoms with Gasteiger partial charge in [0, 0.05) is 37.2 Å². The number of Topliss-reactive ketones (excluding diaryl/α,β-unsaturated/α-hetero) is 1. The molecule has 116 valence electrons. The summed E-state index contributed by atoms with van der Waals surface area (Å²) in [4.78, 5) is 27.7. The summed E-state index contributed by atoms with van der Waals surface area (Å²) in [7, 11) is 1.67. The van der Waals surface area contributed by atoms with Crippen LogP contribution in [0.3, 0.4) is 0 Å². The zero-order valence-corrected chi connectivity index (χ0v) is 12.7. The van der Waals surface area contributed by atoms with E-state index in [2.05, 4.69) is 4.99 Å². The number of nitro benzene ring substituents is 1. The van der Waals surface area contributed by atoms with Crippen LogP contribution in [0.1, 0.15) is 29.4 Å². The monoisotopic (exact) mass is 308 g/mol. The van der Waals surface area contributed by atoms with E-state index in [4.69, 9.17) is 0 Å². The Hall–Kier alpha value is -2.82. The maximum atomic E-state index is 12.9. The van der Waals surface area contributed by atoms with E-state index in [0.29, 0.717) is 12.0 Å². The van der Waals surface area contributed by atoms with Crippen molar-refractivity contribution in [1.82, 2.24) is 0 Å². The molecule has 23 heavy (non-hydrogen) atoms. The number of aliphatic imine (C=N–C) groups is 1. The summed E-state index contributed by atoms with van der Waals surface area (Å²) < 4.78 is 0.